The highest BCUT2D eigenvalue weighted by molar-refractivity contribution is 14.1. The lowest BCUT2D eigenvalue weighted by atomic mass is 10.0. The van der Waals surface area contributed by atoms with Crippen molar-refractivity contribution in [1.82, 2.24) is 4.90 Å². The van der Waals surface area contributed by atoms with E-state index in [1.165, 1.54) is 71.8 Å². The van der Waals surface area contributed by atoms with Crippen LogP contribution in [-0.2, 0) is 16.0 Å². The van der Waals surface area contributed by atoms with E-state index in [1.807, 2.05) is 0 Å². The van der Waals surface area contributed by atoms with Crippen molar-refractivity contribution in [3.05, 3.63) is 33.4 Å². The molecule has 2 aliphatic rings. The molecule has 1 aliphatic heterocycles. The molecule has 148 valence electrons. The molecule has 3 rings (SSSR count). The van der Waals surface area contributed by atoms with Crippen LogP contribution in [0.15, 0.2) is 24.3 Å². The van der Waals surface area contributed by atoms with E-state index in [0.29, 0.717) is 18.2 Å². The molecule has 0 bridgehead atoms. The second kappa shape index (κ2) is 10.8. The molecule has 0 spiro atoms. The first kappa shape index (κ1) is 21.2. The molecular weight excluding hydrogens is 469 g/mol. The van der Waals surface area contributed by atoms with Gasteiger partial charge in [0, 0.05) is 21.8 Å². The number of hydrogen-bond donors (Lipinski definition) is 0. The third kappa shape index (κ3) is 6.48. The van der Waals surface area contributed by atoms with E-state index in [0.717, 1.165) is 6.42 Å². The molecule has 1 aromatic carbocycles. The van der Waals surface area contributed by atoms with Gasteiger partial charge >= 0.3 is 0 Å². The molecule has 27 heavy (non-hydrogen) atoms. The Morgan fingerprint density at radius 1 is 0.926 bits per heavy atom. The average molecular weight is 499 g/mol. The highest BCUT2D eigenvalue weighted by atomic mass is 127. The van der Waals surface area contributed by atoms with Gasteiger partial charge in [0.1, 0.15) is 0 Å². The summed E-state index contributed by atoms with van der Waals surface area (Å²) in [4.78, 5) is 26.8. The summed E-state index contributed by atoms with van der Waals surface area (Å²) in [5, 5.41) is 0.392. The Balaban J connectivity index is 1.52. The highest BCUT2D eigenvalue weighted by Gasteiger charge is 2.39. The molecule has 1 heterocycles. The summed E-state index contributed by atoms with van der Waals surface area (Å²) in [6, 6.07) is 8.31. The summed E-state index contributed by atoms with van der Waals surface area (Å²) in [7, 11) is 0. The fourth-order valence-corrected chi connectivity index (χ4v) is 5.94. The molecular formula is C22H30INO2S. The van der Waals surface area contributed by atoms with E-state index in [4.69, 9.17) is 0 Å². The summed E-state index contributed by atoms with van der Waals surface area (Å²) in [6.45, 7) is 0.514. The van der Waals surface area contributed by atoms with Crippen LogP contribution in [0.5, 0.6) is 0 Å². The van der Waals surface area contributed by atoms with Crippen molar-refractivity contribution < 1.29 is 9.59 Å². The lowest BCUT2D eigenvalue weighted by Gasteiger charge is -2.21. The van der Waals surface area contributed by atoms with Gasteiger partial charge in [0.15, 0.2) is 0 Å². The predicted octanol–water partition coefficient (Wildman–Crippen LogP) is 5.59. The van der Waals surface area contributed by atoms with Crippen LogP contribution in [0.2, 0.25) is 0 Å². The number of benzene rings is 1. The zero-order valence-corrected chi connectivity index (χ0v) is 19.0. The highest BCUT2D eigenvalue weighted by Crippen LogP contribution is 2.34. The van der Waals surface area contributed by atoms with Gasteiger partial charge in [0.25, 0.3) is 0 Å². The third-order valence-corrected chi connectivity index (χ3v) is 7.92. The summed E-state index contributed by atoms with van der Waals surface area (Å²) in [6.07, 6.45) is 12.8. The van der Waals surface area contributed by atoms with Crippen molar-refractivity contribution >= 4 is 46.2 Å². The second-order valence-corrected chi connectivity index (χ2v) is 10.5. The topological polar surface area (TPSA) is 37.4 Å². The quantitative estimate of drug-likeness (QED) is 0.392. The van der Waals surface area contributed by atoms with Crippen molar-refractivity contribution in [1.29, 1.82) is 0 Å². The van der Waals surface area contributed by atoms with Gasteiger partial charge in [-0.2, -0.15) is 0 Å². The normalized spacial score (nSPS) is 23.0. The Morgan fingerprint density at radius 2 is 1.52 bits per heavy atom. The van der Waals surface area contributed by atoms with Crippen LogP contribution < -0.4 is 0 Å². The van der Waals surface area contributed by atoms with Gasteiger partial charge in [-0.15, -0.1) is 11.8 Å². The number of likely N-dealkylation sites (tertiary alicyclic amines) is 1. The summed E-state index contributed by atoms with van der Waals surface area (Å²) in [5.74, 6) is 0.0653. The Morgan fingerprint density at radius 3 is 2.15 bits per heavy atom. The van der Waals surface area contributed by atoms with Crippen LogP contribution in [0.1, 0.15) is 69.8 Å². The van der Waals surface area contributed by atoms with Crippen molar-refractivity contribution in [3.8, 4) is 0 Å². The fourth-order valence-electron chi connectivity index (χ4n) is 4.03. The molecule has 1 saturated heterocycles. The minimum atomic E-state index is -0.151. The number of carbonyl (C=O) groups excluding carboxylic acids is 2. The lowest BCUT2D eigenvalue weighted by Crippen LogP contribution is -2.33. The van der Waals surface area contributed by atoms with Crippen LogP contribution in [-0.4, -0.2) is 33.8 Å². The minimum absolute atomic E-state index is 0.0166. The molecule has 1 atom stereocenters. The summed E-state index contributed by atoms with van der Waals surface area (Å²) in [5.41, 5.74) is 1.18. The zero-order chi connectivity index (χ0) is 19.1. The Labute approximate surface area is 181 Å². The number of carbonyl (C=O) groups is 2. The Hall–Kier alpha value is -0.560. The Kier molecular flexibility index (Phi) is 8.49. The van der Waals surface area contributed by atoms with Gasteiger partial charge in [-0.3, -0.25) is 14.5 Å². The SMILES string of the molecule is O=C1CC(SC2CCCCCCCCC2)C(=O)N1CCc1ccc(I)cc1. The van der Waals surface area contributed by atoms with E-state index in [1.54, 1.807) is 11.8 Å². The first-order valence-corrected chi connectivity index (χ1v) is 12.4. The standard InChI is InChI=1S/C22H30INO2S/c23-18-12-10-17(11-13-18)14-15-24-21(25)16-20(22(24)26)27-19-8-6-4-2-1-3-5-7-9-19/h10-13,19-20H,1-9,14-16H2. The number of rotatable bonds is 5. The summed E-state index contributed by atoms with van der Waals surface area (Å²) >= 11 is 4.08. The predicted molar refractivity (Wildman–Crippen MR) is 121 cm³/mol. The van der Waals surface area contributed by atoms with Crippen molar-refractivity contribution in [2.24, 2.45) is 0 Å². The molecule has 1 aliphatic carbocycles. The first-order chi connectivity index (χ1) is 13.1. The van der Waals surface area contributed by atoms with Crippen LogP contribution in [0, 0.1) is 3.57 Å². The van der Waals surface area contributed by atoms with E-state index in [9.17, 15) is 9.59 Å². The van der Waals surface area contributed by atoms with E-state index in [2.05, 4.69) is 46.9 Å². The minimum Gasteiger partial charge on any atom is -0.281 e. The smallest absolute Gasteiger partial charge is 0.242 e. The van der Waals surface area contributed by atoms with Gasteiger partial charge in [-0.05, 0) is 59.5 Å². The molecule has 3 nitrogen and oxygen atoms in total. The number of thioether (sulfide) groups is 1. The van der Waals surface area contributed by atoms with Gasteiger partial charge in [0.05, 0.1) is 5.25 Å². The van der Waals surface area contributed by atoms with Gasteiger partial charge in [0.2, 0.25) is 11.8 Å². The molecule has 0 aromatic heterocycles. The van der Waals surface area contributed by atoms with E-state index < -0.39 is 0 Å². The van der Waals surface area contributed by atoms with Crippen LogP contribution in [0.25, 0.3) is 0 Å². The number of imide groups is 1. The third-order valence-electron chi connectivity index (χ3n) is 5.65. The molecule has 1 aromatic rings. The fraction of sp³-hybridized carbons (Fsp3) is 0.636. The molecule has 1 saturated carbocycles. The number of hydrogen-bond acceptors (Lipinski definition) is 3. The van der Waals surface area contributed by atoms with Crippen LogP contribution in [0.4, 0.5) is 0 Å². The van der Waals surface area contributed by atoms with Gasteiger partial charge in [-0.25, -0.2) is 0 Å². The average Bonchev–Trinajstić information content (AvgIpc) is 2.93. The second-order valence-electron chi connectivity index (χ2n) is 7.76. The monoisotopic (exact) mass is 499 g/mol. The van der Waals surface area contributed by atoms with Gasteiger partial charge < -0.3 is 0 Å². The van der Waals surface area contributed by atoms with Crippen LogP contribution in [0.3, 0.4) is 0 Å². The molecule has 2 amide bonds. The van der Waals surface area contributed by atoms with Gasteiger partial charge in [-0.1, -0.05) is 57.1 Å². The summed E-state index contributed by atoms with van der Waals surface area (Å²) < 4.78 is 1.20. The van der Waals surface area contributed by atoms with E-state index >= 15 is 0 Å². The number of halogens is 1. The molecule has 5 heteroatoms. The van der Waals surface area contributed by atoms with Crippen molar-refractivity contribution in [2.75, 3.05) is 6.54 Å². The number of nitrogens with zero attached hydrogens (tertiary/aromatic N) is 1. The Bertz CT molecular complexity index is 624. The largest absolute Gasteiger partial charge is 0.281 e. The zero-order valence-electron chi connectivity index (χ0n) is 16.0. The molecule has 1 unspecified atom stereocenters. The maximum atomic E-state index is 12.8. The van der Waals surface area contributed by atoms with E-state index in [-0.39, 0.29) is 17.1 Å². The molecule has 0 N–H and O–H groups in total. The maximum Gasteiger partial charge on any atom is 0.242 e. The van der Waals surface area contributed by atoms with Crippen molar-refractivity contribution in [3.63, 3.8) is 0 Å². The number of amides is 2. The molecule has 0 radical (unpaired) electrons. The van der Waals surface area contributed by atoms with Crippen LogP contribution >= 0.6 is 34.4 Å². The maximum absolute atomic E-state index is 12.8. The molecule has 2 fully saturated rings. The first-order valence-electron chi connectivity index (χ1n) is 10.4. The lowest BCUT2D eigenvalue weighted by molar-refractivity contribution is -0.138. The van der Waals surface area contributed by atoms with Crippen molar-refractivity contribution in [2.45, 2.75) is 81.1 Å².